The Balaban J connectivity index is 2.48. The first-order valence-electron chi connectivity index (χ1n) is 3.82. The molecule has 64 valence electrons. The first-order valence-corrected chi connectivity index (χ1v) is 4.70. The molecule has 0 aromatic heterocycles. The van der Waals surface area contributed by atoms with Gasteiger partial charge in [-0.05, 0) is 18.6 Å². The number of rotatable bonds is 0. The van der Waals surface area contributed by atoms with Crippen molar-refractivity contribution in [1.82, 2.24) is 0 Å². The Morgan fingerprint density at radius 3 is 2.83 bits per heavy atom. The summed E-state index contributed by atoms with van der Waals surface area (Å²) in [6, 6.07) is 5.84. The van der Waals surface area contributed by atoms with Crippen molar-refractivity contribution in [3.63, 3.8) is 0 Å². The van der Waals surface area contributed by atoms with E-state index >= 15 is 0 Å². The fourth-order valence-electron chi connectivity index (χ4n) is 1.35. The minimum atomic E-state index is -0.718. The second-order valence-corrected chi connectivity index (χ2v) is 4.15. The van der Waals surface area contributed by atoms with Crippen molar-refractivity contribution in [2.45, 2.75) is 23.4 Å². The van der Waals surface area contributed by atoms with E-state index in [9.17, 15) is 10.2 Å². The van der Waals surface area contributed by atoms with Gasteiger partial charge in [0.25, 0.3) is 0 Å². The van der Waals surface area contributed by atoms with Crippen molar-refractivity contribution >= 4 is 11.8 Å². The molecule has 0 unspecified atom stereocenters. The molecule has 2 nitrogen and oxygen atoms in total. The minimum absolute atomic E-state index is 0.693. The van der Waals surface area contributed by atoms with Gasteiger partial charge in [-0.2, -0.15) is 0 Å². The van der Waals surface area contributed by atoms with Gasteiger partial charge in [0.1, 0.15) is 11.5 Å². The van der Waals surface area contributed by atoms with E-state index in [1.54, 1.807) is 0 Å². The Hall–Kier alpha value is -0.510. The van der Waals surface area contributed by atoms with Gasteiger partial charge in [-0.3, -0.25) is 0 Å². The third-order valence-corrected chi connectivity index (χ3v) is 3.13. The molecule has 0 saturated heterocycles. The predicted octanol–water partition coefficient (Wildman–Crippen LogP) is 1.45. The zero-order valence-electron chi connectivity index (χ0n) is 6.69. The molecule has 1 aliphatic rings. The number of hydrogen-bond donors (Lipinski definition) is 2. The summed E-state index contributed by atoms with van der Waals surface area (Å²) in [7, 11) is 0. The Bertz CT molecular complexity index is 311. The molecule has 0 amide bonds. The zero-order chi connectivity index (χ0) is 8.72. The molecule has 1 heterocycles. The molecule has 1 aromatic rings. The molecule has 0 bridgehead atoms. The van der Waals surface area contributed by atoms with E-state index in [0.29, 0.717) is 0 Å². The van der Waals surface area contributed by atoms with E-state index in [1.807, 2.05) is 25.1 Å². The van der Waals surface area contributed by atoms with Crippen molar-refractivity contribution in [3.8, 4) is 0 Å². The monoisotopic (exact) mass is 182 g/mol. The maximum absolute atomic E-state index is 9.50. The number of thioether (sulfide) groups is 1. The number of aliphatic hydroxyl groups excluding tert-OH is 2. The third kappa shape index (κ3) is 1.14. The molecule has 0 fully saturated rings. The molecule has 3 heteroatoms. The van der Waals surface area contributed by atoms with Gasteiger partial charge in [-0.25, -0.2) is 0 Å². The number of fused-ring (bicyclic) bond motifs is 1. The maximum Gasteiger partial charge on any atom is 0.134 e. The highest BCUT2D eigenvalue weighted by Crippen LogP contribution is 2.42. The maximum atomic E-state index is 9.50. The lowest BCUT2D eigenvalue weighted by Gasteiger charge is -2.06. The van der Waals surface area contributed by atoms with Crippen LogP contribution in [-0.2, 0) is 0 Å². The van der Waals surface area contributed by atoms with Crippen molar-refractivity contribution in [1.29, 1.82) is 0 Å². The number of aliphatic hydroxyl groups is 2. The first-order chi connectivity index (χ1) is 5.68. The lowest BCUT2D eigenvalue weighted by atomic mass is 10.1. The van der Waals surface area contributed by atoms with Gasteiger partial charge in [-0.15, -0.1) is 0 Å². The van der Waals surface area contributed by atoms with Crippen LogP contribution in [0.2, 0.25) is 0 Å². The van der Waals surface area contributed by atoms with Gasteiger partial charge in [0, 0.05) is 4.90 Å². The van der Waals surface area contributed by atoms with Crippen LogP contribution in [0.4, 0.5) is 0 Å². The zero-order valence-corrected chi connectivity index (χ0v) is 7.51. The Morgan fingerprint density at radius 1 is 1.33 bits per heavy atom. The standard InChI is InChI=1S/C9H10O2S/c1-5-2-3-7-6(4-5)8(10)9(11)12-7/h2-4,8-11H,1H3/t8-,9+/m1/s1. The summed E-state index contributed by atoms with van der Waals surface area (Å²) in [6.07, 6.45) is -0.718. The second kappa shape index (κ2) is 2.76. The number of hydrogen-bond acceptors (Lipinski definition) is 3. The normalized spacial score (nSPS) is 27.2. The average Bonchev–Trinajstić information content (AvgIpc) is 2.31. The van der Waals surface area contributed by atoms with Crippen LogP contribution in [0.1, 0.15) is 17.2 Å². The van der Waals surface area contributed by atoms with E-state index in [1.165, 1.54) is 11.8 Å². The molecular weight excluding hydrogens is 172 g/mol. The van der Waals surface area contributed by atoms with Crippen LogP contribution < -0.4 is 0 Å². The third-order valence-electron chi connectivity index (χ3n) is 2.00. The molecule has 12 heavy (non-hydrogen) atoms. The highest BCUT2D eigenvalue weighted by Gasteiger charge is 2.29. The first kappa shape index (κ1) is 8.10. The largest absolute Gasteiger partial charge is 0.385 e. The fourth-order valence-corrected chi connectivity index (χ4v) is 2.35. The molecule has 2 N–H and O–H groups in total. The summed E-state index contributed by atoms with van der Waals surface area (Å²) >= 11 is 1.31. The van der Waals surface area contributed by atoms with Crippen LogP contribution in [-0.4, -0.2) is 15.6 Å². The molecule has 2 rings (SSSR count). The van der Waals surface area contributed by atoms with Crippen molar-refractivity contribution in [2.75, 3.05) is 0 Å². The van der Waals surface area contributed by atoms with Crippen LogP contribution in [0.5, 0.6) is 0 Å². The molecule has 0 spiro atoms. The van der Waals surface area contributed by atoms with Crippen molar-refractivity contribution in [3.05, 3.63) is 29.3 Å². The van der Waals surface area contributed by atoms with Gasteiger partial charge in [0.2, 0.25) is 0 Å². The number of aryl methyl sites for hydroxylation is 1. The van der Waals surface area contributed by atoms with Crippen molar-refractivity contribution < 1.29 is 10.2 Å². The SMILES string of the molecule is Cc1ccc2c(c1)[C@@H](O)[C@@H](O)S2. The Kier molecular flexibility index (Phi) is 1.87. The minimum Gasteiger partial charge on any atom is -0.385 e. The lowest BCUT2D eigenvalue weighted by Crippen LogP contribution is -2.07. The highest BCUT2D eigenvalue weighted by molar-refractivity contribution is 8.00. The van der Waals surface area contributed by atoms with Gasteiger partial charge in [0.05, 0.1) is 0 Å². The molecule has 2 atom stereocenters. The molecular formula is C9H10O2S. The summed E-state index contributed by atoms with van der Waals surface area (Å²) in [4.78, 5) is 0.987. The van der Waals surface area contributed by atoms with Crippen LogP contribution >= 0.6 is 11.8 Å². The van der Waals surface area contributed by atoms with E-state index in [4.69, 9.17) is 0 Å². The summed E-state index contributed by atoms with van der Waals surface area (Å²) in [6.45, 7) is 1.97. The highest BCUT2D eigenvalue weighted by atomic mass is 32.2. The van der Waals surface area contributed by atoms with E-state index in [2.05, 4.69) is 0 Å². The molecule has 1 aliphatic heterocycles. The predicted molar refractivity (Wildman–Crippen MR) is 48.0 cm³/mol. The number of benzene rings is 1. The average molecular weight is 182 g/mol. The summed E-state index contributed by atoms with van der Waals surface area (Å²) in [5.41, 5.74) is 1.27. The topological polar surface area (TPSA) is 40.5 Å². The quantitative estimate of drug-likeness (QED) is 0.638. The summed E-state index contributed by atoms with van der Waals surface area (Å²) in [5, 5.41) is 18.8. The Morgan fingerprint density at radius 2 is 2.08 bits per heavy atom. The van der Waals surface area contributed by atoms with E-state index in [0.717, 1.165) is 16.0 Å². The summed E-state index contributed by atoms with van der Waals surface area (Å²) in [5.74, 6) is 0. The van der Waals surface area contributed by atoms with Gasteiger partial charge in [0.15, 0.2) is 0 Å². The van der Waals surface area contributed by atoms with Crippen LogP contribution in [0.15, 0.2) is 23.1 Å². The molecule has 1 aromatic carbocycles. The van der Waals surface area contributed by atoms with E-state index in [-0.39, 0.29) is 0 Å². The molecule has 0 radical (unpaired) electrons. The van der Waals surface area contributed by atoms with Gasteiger partial charge in [-0.1, -0.05) is 29.5 Å². The lowest BCUT2D eigenvalue weighted by molar-refractivity contribution is 0.0771. The van der Waals surface area contributed by atoms with E-state index < -0.39 is 11.5 Å². The van der Waals surface area contributed by atoms with Crippen LogP contribution in [0.3, 0.4) is 0 Å². The fraction of sp³-hybridized carbons (Fsp3) is 0.333. The molecule has 0 saturated carbocycles. The van der Waals surface area contributed by atoms with Crippen LogP contribution in [0, 0.1) is 6.92 Å². The Labute approximate surface area is 75.2 Å². The smallest absolute Gasteiger partial charge is 0.134 e. The van der Waals surface area contributed by atoms with Gasteiger partial charge >= 0.3 is 0 Å². The second-order valence-electron chi connectivity index (χ2n) is 2.99. The van der Waals surface area contributed by atoms with Gasteiger partial charge < -0.3 is 10.2 Å². The van der Waals surface area contributed by atoms with Crippen LogP contribution in [0.25, 0.3) is 0 Å². The van der Waals surface area contributed by atoms with Crippen molar-refractivity contribution in [2.24, 2.45) is 0 Å². The summed E-state index contributed by atoms with van der Waals surface area (Å²) < 4.78 is 0. The molecule has 0 aliphatic carbocycles.